The molecule has 0 spiro atoms. The molecule has 5 heteroatoms. The van der Waals surface area contributed by atoms with Gasteiger partial charge < -0.3 is 16.4 Å². The van der Waals surface area contributed by atoms with E-state index in [0.29, 0.717) is 5.41 Å². The highest BCUT2D eigenvalue weighted by Gasteiger charge is 2.28. The predicted molar refractivity (Wildman–Crippen MR) is 66.2 cm³/mol. The SMILES string of the molecule is CC1(C)CCCC(NC(=O)CNC(=O)CN)C1. The standard InChI is InChI=1S/C12H23N3O2/c1-12(2)5-3-4-9(6-12)15-11(17)8-14-10(16)7-13/h9H,3-8,13H2,1-2H3,(H,14,16)(H,15,17). The van der Waals surface area contributed by atoms with Crippen LogP contribution in [0.25, 0.3) is 0 Å². The molecule has 17 heavy (non-hydrogen) atoms. The minimum atomic E-state index is -0.302. The van der Waals surface area contributed by atoms with Crippen molar-refractivity contribution in [1.29, 1.82) is 0 Å². The highest BCUT2D eigenvalue weighted by atomic mass is 16.2. The molecule has 4 N–H and O–H groups in total. The number of nitrogens with one attached hydrogen (secondary N) is 2. The molecule has 0 saturated heterocycles. The number of hydrogen-bond acceptors (Lipinski definition) is 3. The van der Waals surface area contributed by atoms with Gasteiger partial charge in [0.25, 0.3) is 0 Å². The van der Waals surface area contributed by atoms with E-state index >= 15 is 0 Å². The van der Waals surface area contributed by atoms with E-state index in [4.69, 9.17) is 5.73 Å². The predicted octanol–water partition coefficient (Wildman–Crippen LogP) is 0.146. The lowest BCUT2D eigenvalue weighted by Crippen LogP contribution is -2.45. The van der Waals surface area contributed by atoms with Crippen LogP contribution in [0.5, 0.6) is 0 Å². The molecule has 1 fully saturated rings. The van der Waals surface area contributed by atoms with Crippen LogP contribution in [0.1, 0.15) is 39.5 Å². The molecule has 1 aliphatic carbocycles. The van der Waals surface area contributed by atoms with Gasteiger partial charge in [-0.15, -0.1) is 0 Å². The third-order valence-corrected chi connectivity index (χ3v) is 3.20. The molecule has 1 aliphatic rings. The summed E-state index contributed by atoms with van der Waals surface area (Å²) in [6, 6.07) is 0.237. The number of hydrogen-bond donors (Lipinski definition) is 3. The topological polar surface area (TPSA) is 84.2 Å². The van der Waals surface area contributed by atoms with Crippen molar-refractivity contribution in [3.05, 3.63) is 0 Å². The monoisotopic (exact) mass is 241 g/mol. The third-order valence-electron chi connectivity index (χ3n) is 3.20. The van der Waals surface area contributed by atoms with Crippen LogP contribution in [0.2, 0.25) is 0 Å². The van der Waals surface area contributed by atoms with E-state index in [2.05, 4.69) is 24.5 Å². The molecule has 0 aromatic heterocycles. The Morgan fingerprint density at radius 2 is 2.06 bits per heavy atom. The average molecular weight is 241 g/mol. The fraction of sp³-hybridized carbons (Fsp3) is 0.833. The average Bonchev–Trinajstić information content (AvgIpc) is 2.24. The number of nitrogens with two attached hydrogens (primary N) is 1. The Balaban J connectivity index is 2.28. The van der Waals surface area contributed by atoms with E-state index < -0.39 is 0 Å². The summed E-state index contributed by atoms with van der Waals surface area (Å²) in [6.45, 7) is 4.39. The molecule has 0 aliphatic heterocycles. The summed E-state index contributed by atoms with van der Waals surface area (Å²) >= 11 is 0. The molecule has 1 unspecified atom stereocenters. The normalized spacial score (nSPS) is 22.9. The van der Waals surface area contributed by atoms with Gasteiger partial charge in [-0.3, -0.25) is 9.59 Å². The Morgan fingerprint density at radius 1 is 1.35 bits per heavy atom. The van der Waals surface area contributed by atoms with E-state index in [0.717, 1.165) is 19.3 Å². The molecule has 1 saturated carbocycles. The summed E-state index contributed by atoms with van der Waals surface area (Å²) in [5.74, 6) is -0.432. The van der Waals surface area contributed by atoms with Crippen LogP contribution in [-0.4, -0.2) is 30.9 Å². The Hall–Kier alpha value is -1.10. The van der Waals surface area contributed by atoms with E-state index in [1.54, 1.807) is 0 Å². The van der Waals surface area contributed by atoms with Gasteiger partial charge in [-0.2, -0.15) is 0 Å². The summed E-state index contributed by atoms with van der Waals surface area (Å²) in [6.07, 6.45) is 4.39. The van der Waals surface area contributed by atoms with Gasteiger partial charge in [0.2, 0.25) is 11.8 Å². The maximum atomic E-state index is 11.6. The molecule has 0 aromatic carbocycles. The number of amides is 2. The number of carbonyl (C=O) groups is 2. The molecule has 0 radical (unpaired) electrons. The largest absolute Gasteiger partial charge is 0.352 e. The van der Waals surface area contributed by atoms with Crippen LogP contribution in [0.15, 0.2) is 0 Å². The second kappa shape index (κ2) is 6.00. The Kier molecular flexibility index (Phi) is 4.93. The highest BCUT2D eigenvalue weighted by molar-refractivity contribution is 5.85. The first-order chi connectivity index (χ1) is 7.93. The van der Waals surface area contributed by atoms with Crippen LogP contribution in [0.3, 0.4) is 0 Å². The van der Waals surface area contributed by atoms with Crippen LogP contribution in [0, 0.1) is 5.41 Å². The second-order valence-corrected chi connectivity index (χ2v) is 5.51. The smallest absolute Gasteiger partial charge is 0.239 e. The zero-order valence-electron chi connectivity index (χ0n) is 10.7. The first kappa shape index (κ1) is 14.0. The maximum absolute atomic E-state index is 11.6. The first-order valence-electron chi connectivity index (χ1n) is 6.19. The molecule has 2 amide bonds. The van der Waals surface area contributed by atoms with Gasteiger partial charge in [0.1, 0.15) is 0 Å². The van der Waals surface area contributed by atoms with E-state index in [1.165, 1.54) is 6.42 Å². The zero-order valence-corrected chi connectivity index (χ0v) is 10.7. The zero-order chi connectivity index (χ0) is 12.9. The van der Waals surface area contributed by atoms with Crippen LogP contribution < -0.4 is 16.4 Å². The molecule has 0 heterocycles. The lowest BCUT2D eigenvalue weighted by Gasteiger charge is -2.35. The van der Waals surface area contributed by atoms with Crippen molar-refractivity contribution in [3.63, 3.8) is 0 Å². The fourth-order valence-corrected chi connectivity index (χ4v) is 2.35. The van der Waals surface area contributed by atoms with Crippen molar-refractivity contribution >= 4 is 11.8 Å². The van der Waals surface area contributed by atoms with Crippen molar-refractivity contribution in [2.24, 2.45) is 11.1 Å². The fourth-order valence-electron chi connectivity index (χ4n) is 2.35. The highest BCUT2D eigenvalue weighted by Crippen LogP contribution is 2.34. The van der Waals surface area contributed by atoms with Gasteiger partial charge in [0, 0.05) is 6.04 Å². The van der Waals surface area contributed by atoms with Gasteiger partial charge in [-0.25, -0.2) is 0 Å². The molecule has 5 nitrogen and oxygen atoms in total. The summed E-state index contributed by atoms with van der Waals surface area (Å²) in [4.78, 5) is 22.5. The van der Waals surface area contributed by atoms with Crippen molar-refractivity contribution in [1.82, 2.24) is 10.6 Å². The Morgan fingerprint density at radius 3 is 2.65 bits per heavy atom. The van der Waals surface area contributed by atoms with Gasteiger partial charge in [0.05, 0.1) is 13.1 Å². The van der Waals surface area contributed by atoms with Crippen molar-refractivity contribution < 1.29 is 9.59 Å². The molecule has 0 aromatic rings. The van der Waals surface area contributed by atoms with Crippen LogP contribution in [0.4, 0.5) is 0 Å². The Labute approximate surface area is 103 Å². The van der Waals surface area contributed by atoms with E-state index in [9.17, 15) is 9.59 Å². The van der Waals surface area contributed by atoms with Crippen LogP contribution >= 0.6 is 0 Å². The Bertz CT molecular complexity index is 289. The van der Waals surface area contributed by atoms with Crippen molar-refractivity contribution in [2.45, 2.75) is 45.6 Å². The lowest BCUT2D eigenvalue weighted by atomic mass is 9.75. The summed E-state index contributed by atoms with van der Waals surface area (Å²) in [7, 11) is 0. The molecule has 0 bridgehead atoms. The molecule has 1 rings (SSSR count). The van der Waals surface area contributed by atoms with E-state index in [1.807, 2.05) is 0 Å². The second-order valence-electron chi connectivity index (χ2n) is 5.51. The van der Waals surface area contributed by atoms with Gasteiger partial charge >= 0.3 is 0 Å². The number of carbonyl (C=O) groups excluding carboxylic acids is 2. The van der Waals surface area contributed by atoms with E-state index in [-0.39, 0.29) is 30.9 Å². The molecule has 98 valence electrons. The van der Waals surface area contributed by atoms with Crippen molar-refractivity contribution in [3.8, 4) is 0 Å². The van der Waals surface area contributed by atoms with Gasteiger partial charge in [0.15, 0.2) is 0 Å². The molecule has 1 atom stereocenters. The van der Waals surface area contributed by atoms with Gasteiger partial charge in [-0.05, 0) is 24.7 Å². The lowest BCUT2D eigenvalue weighted by molar-refractivity contribution is -0.126. The summed E-state index contributed by atoms with van der Waals surface area (Å²) in [5.41, 5.74) is 5.44. The maximum Gasteiger partial charge on any atom is 0.239 e. The third kappa shape index (κ3) is 5.17. The minimum absolute atomic E-state index is 0.0208. The van der Waals surface area contributed by atoms with Crippen molar-refractivity contribution in [2.75, 3.05) is 13.1 Å². The first-order valence-corrected chi connectivity index (χ1v) is 6.19. The van der Waals surface area contributed by atoms with Gasteiger partial charge in [-0.1, -0.05) is 20.3 Å². The molecular weight excluding hydrogens is 218 g/mol. The quantitative estimate of drug-likeness (QED) is 0.655. The summed E-state index contributed by atoms with van der Waals surface area (Å²) in [5, 5.41) is 5.43. The summed E-state index contributed by atoms with van der Waals surface area (Å²) < 4.78 is 0. The van der Waals surface area contributed by atoms with Crippen LogP contribution in [-0.2, 0) is 9.59 Å². The molecular formula is C12H23N3O2. The number of rotatable bonds is 4. The minimum Gasteiger partial charge on any atom is -0.352 e.